The van der Waals surface area contributed by atoms with Crippen LogP contribution in [0.2, 0.25) is 0 Å². The summed E-state index contributed by atoms with van der Waals surface area (Å²) in [5.41, 5.74) is -4.30. The summed E-state index contributed by atoms with van der Waals surface area (Å²) in [6.45, 7) is 1.81. The molecule has 0 aliphatic rings. The molecule has 0 atom stereocenters. The number of benzene rings is 1. The highest BCUT2D eigenvalue weighted by atomic mass is 19.4. The first-order valence-electron chi connectivity index (χ1n) is 6.03. The van der Waals surface area contributed by atoms with Crippen LogP contribution in [0.1, 0.15) is 41.3 Å². The summed E-state index contributed by atoms with van der Waals surface area (Å²) < 4.78 is 80.3. The van der Waals surface area contributed by atoms with E-state index in [-0.39, 0.29) is 18.7 Å². The zero-order valence-electron chi connectivity index (χ0n) is 10.9. The molecule has 1 aromatic carbocycles. The predicted octanol–water partition coefficient (Wildman–Crippen LogP) is 4.68. The molecule has 0 saturated heterocycles. The monoisotopic (exact) mass is 314 g/mol. The van der Waals surface area contributed by atoms with E-state index < -0.39 is 35.0 Å². The van der Waals surface area contributed by atoms with Crippen molar-refractivity contribution in [3.05, 3.63) is 34.9 Å². The van der Waals surface area contributed by atoms with Crippen molar-refractivity contribution in [2.45, 2.75) is 32.1 Å². The third-order valence-corrected chi connectivity index (χ3v) is 2.60. The highest BCUT2D eigenvalue weighted by molar-refractivity contribution is 5.89. The summed E-state index contributed by atoms with van der Waals surface area (Å²) in [7, 11) is 0. The topological polar surface area (TPSA) is 26.3 Å². The van der Waals surface area contributed by atoms with Crippen LogP contribution in [0.3, 0.4) is 0 Å². The number of ether oxygens (including phenoxy) is 1. The summed E-state index contributed by atoms with van der Waals surface area (Å²) in [6.07, 6.45) is -9.16. The molecule has 0 spiro atoms. The number of hydrogen-bond acceptors (Lipinski definition) is 2. The normalized spacial score (nSPS) is 12.3. The third-order valence-electron chi connectivity index (χ3n) is 2.60. The van der Waals surface area contributed by atoms with Crippen LogP contribution in [-0.2, 0) is 17.1 Å². The molecule has 2 nitrogen and oxygen atoms in total. The molecular weight excluding hydrogens is 302 g/mol. The molecule has 118 valence electrons. The predicted molar refractivity (Wildman–Crippen MR) is 61.6 cm³/mol. The Morgan fingerprint density at radius 1 is 1.05 bits per heavy atom. The Kier molecular flexibility index (Phi) is 5.25. The van der Waals surface area contributed by atoms with Crippen molar-refractivity contribution in [1.29, 1.82) is 0 Å². The van der Waals surface area contributed by atoms with Crippen molar-refractivity contribution in [3.8, 4) is 0 Å². The second-order valence-corrected chi connectivity index (χ2v) is 4.25. The van der Waals surface area contributed by atoms with E-state index in [1.54, 1.807) is 0 Å². The van der Waals surface area contributed by atoms with E-state index in [9.17, 15) is 31.1 Å². The Morgan fingerprint density at radius 2 is 1.62 bits per heavy atom. The summed E-state index contributed by atoms with van der Waals surface area (Å²) >= 11 is 0. The van der Waals surface area contributed by atoms with Gasteiger partial charge in [-0.2, -0.15) is 26.3 Å². The quantitative estimate of drug-likeness (QED) is 0.458. The molecule has 0 aromatic heterocycles. The van der Waals surface area contributed by atoms with E-state index in [1.807, 2.05) is 6.92 Å². The number of unbranched alkanes of at least 4 members (excludes halogenated alkanes) is 1. The smallest absolute Gasteiger partial charge is 0.417 e. The average Bonchev–Trinajstić information content (AvgIpc) is 2.36. The molecule has 0 saturated carbocycles. The maximum absolute atomic E-state index is 12.7. The molecule has 0 unspecified atom stereocenters. The van der Waals surface area contributed by atoms with Gasteiger partial charge in [-0.25, -0.2) is 4.79 Å². The SMILES string of the molecule is CCCCOC(=O)c1ccc(C(F)(F)F)c(C(F)(F)F)c1. The van der Waals surface area contributed by atoms with Gasteiger partial charge in [-0.15, -0.1) is 0 Å². The zero-order chi connectivity index (χ0) is 16.3. The van der Waals surface area contributed by atoms with Gasteiger partial charge in [-0.05, 0) is 24.6 Å². The lowest BCUT2D eigenvalue weighted by atomic mass is 10.0. The van der Waals surface area contributed by atoms with Gasteiger partial charge in [0.25, 0.3) is 0 Å². The van der Waals surface area contributed by atoms with E-state index in [2.05, 4.69) is 4.74 Å². The fourth-order valence-corrected chi connectivity index (χ4v) is 1.55. The Balaban J connectivity index is 3.14. The van der Waals surface area contributed by atoms with Gasteiger partial charge in [-0.3, -0.25) is 0 Å². The van der Waals surface area contributed by atoms with E-state index in [4.69, 9.17) is 0 Å². The molecular formula is C13H12F6O2. The molecule has 0 fully saturated rings. The van der Waals surface area contributed by atoms with E-state index in [0.717, 1.165) is 0 Å². The maximum Gasteiger partial charge on any atom is 0.417 e. The molecule has 0 aliphatic carbocycles. The van der Waals surface area contributed by atoms with Crippen LogP contribution in [-0.4, -0.2) is 12.6 Å². The van der Waals surface area contributed by atoms with Crippen LogP contribution in [0.25, 0.3) is 0 Å². The molecule has 0 aliphatic heterocycles. The summed E-state index contributed by atoms with van der Waals surface area (Å²) in [4.78, 5) is 11.5. The van der Waals surface area contributed by atoms with Crippen molar-refractivity contribution < 1.29 is 35.9 Å². The van der Waals surface area contributed by atoms with Crippen LogP contribution in [0.15, 0.2) is 18.2 Å². The number of rotatable bonds is 4. The van der Waals surface area contributed by atoms with Crippen molar-refractivity contribution in [3.63, 3.8) is 0 Å². The molecule has 1 rings (SSSR count). The molecule has 0 N–H and O–H groups in total. The molecule has 1 aromatic rings. The Bertz CT molecular complexity index is 504. The van der Waals surface area contributed by atoms with Crippen LogP contribution in [0, 0.1) is 0 Å². The van der Waals surface area contributed by atoms with Gasteiger partial charge in [-0.1, -0.05) is 13.3 Å². The third kappa shape index (κ3) is 4.64. The second-order valence-electron chi connectivity index (χ2n) is 4.25. The van der Waals surface area contributed by atoms with Crippen molar-refractivity contribution >= 4 is 5.97 Å². The minimum absolute atomic E-state index is 0.00228. The number of hydrogen-bond donors (Lipinski definition) is 0. The summed E-state index contributed by atoms with van der Waals surface area (Å²) in [5.74, 6) is -1.08. The van der Waals surface area contributed by atoms with Crippen LogP contribution in [0.5, 0.6) is 0 Å². The van der Waals surface area contributed by atoms with Gasteiger partial charge in [0.2, 0.25) is 0 Å². The first kappa shape index (κ1) is 17.3. The Morgan fingerprint density at radius 3 is 2.10 bits per heavy atom. The first-order valence-corrected chi connectivity index (χ1v) is 6.03. The molecule has 8 heteroatoms. The molecule has 0 heterocycles. The van der Waals surface area contributed by atoms with E-state index in [0.29, 0.717) is 18.9 Å². The lowest BCUT2D eigenvalue weighted by molar-refractivity contribution is -0.162. The number of carbonyl (C=O) groups excluding carboxylic acids is 1. The fourth-order valence-electron chi connectivity index (χ4n) is 1.55. The zero-order valence-corrected chi connectivity index (χ0v) is 10.9. The van der Waals surface area contributed by atoms with Gasteiger partial charge in [0, 0.05) is 0 Å². The van der Waals surface area contributed by atoms with E-state index in [1.165, 1.54) is 0 Å². The van der Waals surface area contributed by atoms with Gasteiger partial charge in [0.05, 0.1) is 23.3 Å². The Hall–Kier alpha value is -1.73. The van der Waals surface area contributed by atoms with Crippen molar-refractivity contribution in [1.82, 2.24) is 0 Å². The Labute approximate surface area is 116 Å². The highest BCUT2D eigenvalue weighted by Crippen LogP contribution is 2.40. The van der Waals surface area contributed by atoms with Crippen LogP contribution >= 0.6 is 0 Å². The molecule has 21 heavy (non-hydrogen) atoms. The standard InChI is InChI=1S/C13H12F6O2/c1-2-3-6-21-11(20)8-4-5-9(12(14,15)16)10(7-8)13(17,18)19/h4-5,7H,2-3,6H2,1H3. The summed E-state index contributed by atoms with van der Waals surface area (Å²) in [6, 6.07) is 1.07. The minimum Gasteiger partial charge on any atom is -0.462 e. The van der Waals surface area contributed by atoms with Gasteiger partial charge >= 0.3 is 18.3 Å². The van der Waals surface area contributed by atoms with E-state index >= 15 is 0 Å². The number of halogens is 6. The molecule has 0 bridgehead atoms. The van der Waals surface area contributed by atoms with Gasteiger partial charge in [0.15, 0.2) is 0 Å². The van der Waals surface area contributed by atoms with Gasteiger partial charge in [0.1, 0.15) is 0 Å². The van der Waals surface area contributed by atoms with Crippen LogP contribution in [0.4, 0.5) is 26.3 Å². The highest BCUT2D eigenvalue weighted by Gasteiger charge is 2.43. The number of carbonyl (C=O) groups is 1. The minimum atomic E-state index is -5.22. The molecule has 0 amide bonds. The van der Waals surface area contributed by atoms with Crippen LogP contribution < -0.4 is 0 Å². The van der Waals surface area contributed by atoms with Crippen molar-refractivity contribution in [2.24, 2.45) is 0 Å². The maximum atomic E-state index is 12.7. The number of alkyl halides is 6. The molecule has 0 radical (unpaired) electrons. The fraction of sp³-hybridized carbons (Fsp3) is 0.462. The second kappa shape index (κ2) is 6.36. The van der Waals surface area contributed by atoms with Crippen molar-refractivity contribution in [2.75, 3.05) is 6.61 Å². The number of esters is 1. The first-order chi connectivity index (χ1) is 9.57. The largest absolute Gasteiger partial charge is 0.462 e. The lowest BCUT2D eigenvalue weighted by Gasteiger charge is -2.16. The van der Waals surface area contributed by atoms with Gasteiger partial charge < -0.3 is 4.74 Å². The lowest BCUT2D eigenvalue weighted by Crippen LogP contribution is -2.18. The average molecular weight is 314 g/mol. The summed E-state index contributed by atoms with van der Waals surface area (Å²) in [5, 5.41) is 0.